The van der Waals surface area contributed by atoms with Crippen LogP contribution in [0.5, 0.6) is 0 Å². The number of hydrogen-bond donors (Lipinski definition) is 1. The van der Waals surface area contributed by atoms with Gasteiger partial charge in [0.15, 0.2) is 0 Å². The highest BCUT2D eigenvalue weighted by molar-refractivity contribution is 7.73. The summed E-state index contributed by atoms with van der Waals surface area (Å²) in [6, 6.07) is 2.47. The monoisotopic (exact) mass is 317 g/mol. The molecule has 0 heterocycles. The van der Waals surface area contributed by atoms with Crippen molar-refractivity contribution in [2.45, 2.75) is 30.9 Å². The van der Waals surface area contributed by atoms with E-state index in [-0.39, 0.29) is 16.8 Å². The zero-order chi connectivity index (χ0) is 15.1. The van der Waals surface area contributed by atoms with Crippen LogP contribution in [0.4, 0.5) is 5.69 Å². The highest BCUT2D eigenvalue weighted by atomic mass is 35.5. The summed E-state index contributed by atoms with van der Waals surface area (Å²) in [6.07, 6.45) is 1.43. The third-order valence-electron chi connectivity index (χ3n) is 3.78. The summed E-state index contributed by atoms with van der Waals surface area (Å²) >= 11 is 5.38. The van der Waals surface area contributed by atoms with E-state index in [4.69, 9.17) is 11.6 Å². The van der Waals surface area contributed by atoms with Gasteiger partial charge in [0, 0.05) is 11.6 Å². The van der Waals surface area contributed by atoms with Gasteiger partial charge in [-0.15, -0.1) is 0 Å². The van der Waals surface area contributed by atoms with Gasteiger partial charge in [-0.2, -0.15) is 0 Å². The highest BCUT2D eigenvalue weighted by Crippen LogP contribution is 2.48. The Morgan fingerprint density at radius 2 is 2.00 bits per heavy atom. The van der Waals surface area contributed by atoms with Crippen LogP contribution in [0.25, 0.3) is 0 Å². The lowest BCUT2D eigenvalue weighted by molar-refractivity contribution is -0.386. The third kappa shape index (κ3) is 2.20. The van der Waals surface area contributed by atoms with Crippen LogP contribution in [-0.4, -0.2) is 18.6 Å². The Labute approximate surface area is 121 Å². The van der Waals surface area contributed by atoms with E-state index in [1.165, 1.54) is 6.07 Å². The topological polar surface area (TPSA) is 94.3 Å². The average molecular weight is 318 g/mol. The van der Waals surface area contributed by atoms with E-state index >= 15 is 0 Å². The number of benzene rings is 1. The number of carbonyl (C=O) groups excluding carboxylic acids is 1. The number of nitrogens with zero attached hydrogens (tertiary/aromatic N) is 1. The smallest absolute Gasteiger partial charge is 0.274 e. The summed E-state index contributed by atoms with van der Waals surface area (Å²) in [5.74, 6) is 0. The van der Waals surface area contributed by atoms with Crippen molar-refractivity contribution in [3.05, 3.63) is 38.9 Å². The Balaban J connectivity index is 2.73. The maximum Gasteiger partial charge on any atom is 0.274 e. The second-order valence-electron chi connectivity index (χ2n) is 4.86. The molecule has 108 valence electrons. The van der Waals surface area contributed by atoms with Gasteiger partial charge in [-0.25, -0.2) is 8.42 Å². The maximum atomic E-state index is 11.5. The molecule has 0 N–H and O–H groups in total. The van der Waals surface area contributed by atoms with Crippen molar-refractivity contribution in [2.24, 2.45) is 0 Å². The fourth-order valence-electron chi connectivity index (χ4n) is 2.49. The van der Waals surface area contributed by atoms with Gasteiger partial charge in [-0.05, 0) is 49.4 Å². The molecule has 0 aromatic heterocycles. The van der Waals surface area contributed by atoms with Gasteiger partial charge in [-0.1, -0.05) is 0 Å². The van der Waals surface area contributed by atoms with E-state index < -0.39 is 25.6 Å². The maximum absolute atomic E-state index is 11.5. The summed E-state index contributed by atoms with van der Waals surface area (Å²) in [6.45, 7) is 1.58. The van der Waals surface area contributed by atoms with Crippen molar-refractivity contribution in [1.82, 2.24) is 0 Å². The molecular formula is C12H12ClNO5S. The molecule has 6 nitrogen and oxygen atoms in total. The van der Waals surface area contributed by atoms with Crippen molar-refractivity contribution < 1.29 is 18.1 Å². The van der Waals surface area contributed by atoms with E-state index in [1.807, 2.05) is 0 Å². The molecule has 1 saturated carbocycles. The Bertz CT molecular complexity index is 671. The number of halogens is 1. The van der Waals surface area contributed by atoms with Gasteiger partial charge in [0.1, 0.15) is 15.5 Å². The number of thiol groups is 1. The van der Waals surface area contributed by atoms with Crippen LogP contribution >= 0.6 is 11.6 Å². The molecule has 0 spiro atoms. The quantitative estimate of drug-likeness (QED) is 0.398. The fourth-order valence-corrected chi connectivity index (χ4v) is 3.75. The van der Waals surface area contributed by atoms with E-state index in [1.54, 1.807) is 6.92 Å². The van der Waals surface area contributed by atoms with Gasteiger partial charge in [0.2, 0.25) is 0 Å². The molecule has 1 fully saturated rings. The van der Waals surface area contributed by atoms with Gasteiger partial charge in [0.25, 0.3) is 10.9 Å². The minimum Gasteiger partial charge on any atom is -0.276 e. The number of hydrogen-bond acceptors (Lipinski definition) is 5. The first kappa shape index (κ1) is 14.9. The molecular weight excluding hydrogens is 306 g/mol. The van der Waals surface area contributed by atoms with E-state index in [0.717, 1.165) is 6.07 Å². The first-order valence-electron chi connectivity index (χ1n) is 5.93. The first-order chi connectivity index (χ1) is 9.29. The molecule has 0 atom stereocenters. The van der Waals surface area contributed by atoms with Gasteiger partial charge >= 0.3 is 0 Å². The largest absolute Gasteiger partial charge is 0.276 e. The summed E-state index contributed by atoms with van der Waals surface area (Å²) in [5, 5.41) is 10.4. The standard InChI is InChI=1S/C12H12ClNO5S/c1-7-5-9(12(20(18)19)3-2-4-12)10(14(16)17)6-8(7)11(13)15/h5-6,20H,2-4H2,1H3. The molecule has 20 heavy (non-hydrogen) atoms. The second-order valence-corrected chi connectivity index (χ2v) is 6.57. The van der Waals surface area contributed by atoms with Crippen LogP contribution in [0.3, 0.4) is 0 Å². The van der Waals surface area contributed by atoms with Crippen LogP contribution in [0.15, 0.2) is 12.1 Å². The number of nitro groups is 1. The average Bonchev–Trinajstić information content (AvgIpc) is 2.25. The molecule has 0 unspecified atom stereocenters. The van der Waals surface area contributed by atoms with Crippen molar-refractivity contribution in [2.75, 3.05) is 0 Å². The number of carbonyl (C=O) groups is 1. The highest BCUT2D eigenvalue weighted by Gasteiger charge is 2.46. The van der Waals surface area contributed by atoms with E-state index in [2.05, 4.69) is 0 Å². The van der Waals surface area contributed by atoms with Crippen molar-refractivity contribution in [1.29, 1.82) is 0 Å². The Hall–Kier alpha value is -1.47. The Kier molecular flexibility index (Phi) is 3.84. The van der Waals surface area contributed by atoms with Gasteiger partial charge < -0.3 is 0 Å². The SMILES string of the molecule is Cc1cc(C2([SH](=O)=O)CCC2)c([N+](=O)[O-])cc1C(=O)Cl. The molecule has 1 aromatic carbocycles. The van der Waals surface area contributed by atoms with Gasteiger partial charge in [0.05, 0.1) is 10.5 Å². The number of rotatable bonds is 4. The molecule has 2 rings (SSSR count). The molecule has 1 aliphatic rings. The minimum absolute atomic E-state index is 0.0257. The lowest BCUT2D eigenvalue weighted by Crippen LogP contribution is -2.36. The predicted molar refractivity (Wildman–Crippen MR) is 73.9 cm³/mol. The van der Waals surface area contributed by atoms with Crippen LogP contribution in [0.1, 0.15) is 40.7 Å². The van der Waals surface area contributed by atoms with E-state index in [9.17, 15) is 23.3 Å². The van der Waals surface area contributed by atoms with Crippen LogP contribution in [-0.2, 0) is 15.5 Å². The molecule has 1 aliphatic carbocycles. The fraction of sp³-hybridized carbons (Fsp3) is 0.417. The molecule has 8 heteroatoms. The van der Waals surface area contributed by atoms with Crippen LogP contribution in [0.2, 0.25) is 0 Å². The van der Waals surface area contributed by atoms with Crippen molar-refractivity contribution in [3.8, 4) is 0 Å². The zero-order valence-electron chi connectivity index (χ0n) is 10.6. The van der Waals surface area contributed by atoms with E-state index in [0.29, 0.717) is 24.8 Å². The molecule has 0 amide bonds. The number of nitro benzene ring substituents is 1. The lowest BCUT2D eigenvalue weighted by Gasteiger charge is -2.36. The summed E-state index contributed by atoms with van der Waals surface area (Å²) < 4.78 is 21.9. The molecule has 0 aliphatic heterocycles. The molecule has 0 bridgehead atoms. The number of aryl methyl sites for hydroxylation is 1. The Morgan fingerprint density at radius 1 is 1.40 bits per heavy atom. The van der Waals surface area contributed by atoms with Crippen molar-refractivity contribution in [3.63, 3.8) is 0 Å². The van der Waals surface area contributed by atoms with Crippen molar-refractivity contribution >= 4 is 33.2 Å². The molecule has 0 saturated heterocycles. The summed E-state index contributed by atoms with van der Waals surface area (Å²) in [7, 11) is -2.84. The third-order valence-corrected chi connectivity index (χ3v) is 5.37. The normalized spacial score (nSPS) is 16.8. The van der Waals surface area contributed by atoms with Crippen LogP contribution < -0.4 is 0 Å². The van der Waals surface area contributed by atoms with Crippen LogP contribution in [0, 0.1) is 17.0 Å². The second kappa shape index (κ2) is 5.14. The zero-order valence-corrected chi connectivity index (χ0v) is 12.2. The summed E-state index contributed by atoms with van der Waals surface area (Å²) in [5.41, 5.74) is 0.258. The lowest BCUT2D eigenvalue weighted by atomic mass is 9.77. The van der Waals surface area contributed by atoms with Gasteiger partial charge in [-0.3, -0.25) is 14.9 Å². The first-order valence-corrected chi connectivity index (χ1v) is 7.49. The minimum atomic E-state index is -2.84. The predicted octanol–water partition coefficient (Wildman–Crippen LogP) is 2.27. The molecule has 0 radical (unpaired) electrons. The Morgan fingerprint density at radius 3 is 2.35 bits per heavy atom. The summed E-state index contributed by atoms with van der Waals surface area (Å²) in [4.78, 5) is 21.7. The molecule has 1 aromatic rings.